The van der Waals surface area contributed by atoms with Crippen molar-refractivity contribution in [2.24, 2.45) is 16.6 Å². The van der Waals surface area contributed by atoms with Crippen LogP contribution in [-0.4, -0.2) is 37.7 Å². The van der Waals surface area contributed by atoms with Gasteiger partial charge >= 0.3 is 0 Å². The molecule has 10 heteroatoms. The third-order valence-electron chi connectivity index (χ3n) is 6.63. The van der Waals surface area contributed by atoms with Gasteiger partial charge in [0.2, 0.25) is 18.6 Å². The van der Waals surface area contributed by atoms with Crippen molar-refractivity contribution in [3.05, 3.63) is 53.3 Å². The van der Waals surface area contributed by atoms with Crippen molar-refractivity contribution in [3.63, 3.8) is 0 Å². The summed E-state index contributed by atoms with van der Waals surface area (Å²) < 4.78 is 29.4. The van der Waals surface area contributed by atoms with Crippen LogP contribution in [0.4, 0.5) is 4.39 Å². The number of hydrogen-bond acceptors (Lipinski definition) is 6. The zero-order valence-corrected chi connectivity index (χ0v) is 20.9. The van der Waals surface area contributed by atoms with Crippen LogP contribution in [-0.2, 0) is 22.6 Å². The second-order valence-corrected chi connectivity index (χ2v) is 9.37. The number of benzene rings is 2. The molecule has 1 aliphatic heterocycles. The quantitative estimate of drug-likeness (QED) is 0.350. The van der Waals surface area contributed by atoms with E-state index in [1.165, 1.54) is 19.6 Å². The molecular weight excluding hydrogens is 479 g/mol. The molecule has 2 aromatic rings. The van der Waals surface area contributed by atoms with Crippen molar-refractivity contribution in [3.8, 4) is 17.2 Å². The van der Waals surface area contributed by atoms with Gasteiger partial charge in [0.25, 0.3) is 0 Å². The van der Waals surface area contributed by atoms with Crippen LogP contribution in [0.25, 0.3) is 0 Å². The molecule has 2 aromatic carbocycles. The highest BCUT2D eigenvalue weighted by atomic mass is 19.1. The summed E-state index contributed by atoms with van der Waals surface area (Å²) in [5, 5.41) is 5.46. The molecule has 1 heterocycles. The largest absolute Gasteiger partial charge is 0.494 e. The minimum atomic E-state index is -0.753. The van der Waals surface area contributed by atoms with Crippen molar-refractivity contribution in [1.29, 1.82) is 0 Å². The maximum Gasteiger partial charge on any atom is 0.245 e. The standard InChI is InChI=1S/C27H33FN4O5/c1-35-23-13-19(7-9-20(23)28)15-30-26(34)21(11-17-5-3-2-4-6-17)31-27(29)32-25(33)14-18-8-10-22-24(12-18)37-16-36-22/h7-10,12-13,17,21H,2-6,11,14-16H2,1H3,(H,30,34)(H3,29,31,32,33). The van der Waals surface area contributed by atoms with Crippen molar-refractivity contribution in [2.45, 2.75) is 57.5 Å². The first-order valence-corrected chi connectivity index (χ1v) is 12.5. The summed E-state index contributed by atoms with van der Waals surface area (Å²) >= 11 is 0. The first-order chi connectivity index (χ1) is 17.9. The van der Waals surface area contributed by atoms with Crippen LogP contribution in [0.15, 0.2) is 41.4 Å². The number of nitrogens with two attached hydrogens (primary N) is 1. The summed E-state index contributed by atoms with van der Waals surface area (Å²) in [6, 6.07) is 8.96. The lowest BCUT2D eigenvalue weighted by Gasteiger charge is -2.24. The molecule has 1 unspecified atom stereocenters. The SMILES string of the molecule is COc1cc(CNC(=O)C(CC2CCCCC2)N=C(N)NC(=O)Cc2ccc3c(c2)OCO3)ccc1F. The fourth-order valence-corrected chi connectivity index (χ4v) is 4.70. The van der Waals surface area contributed by atoms with Crippen LogP contribution >= 0.6 is 0 Å². The van der Waals surface area contributed by atoms with Gasteiger partial charge in [0, 0.05) is 6.54 Å². The van der Waals surface area contributed by atoms with Gasteiger partial charge < -0.3 is 25.3 Å². The van der Waals surface area contributed by atoms with Gasteiger partial charge in [-0.1, -0.05) is 44.2 Å². The molecule has 1 aliphatic carbocycles. The van der Waals surface area contributed by atoms with E-state index in [2.05, 4.69) is 15.6 Å². The van der Waals surface area contributed by atoms with E-state index in [0.29, 0.717) is 29.4 Å². The number of fused-ring (bicyclic) bond motifs is 1. The van der Waals surface area contributed by atoms with E-state index in [9.17, 15) is 14.0 Å². The molecule has 1 fully saturated rings. The molecule has 1 saturated carbocycles. The van der Waals surface area contributed by atoms with Crippen molar-refractivity contribution >= 4 is 17.8 Å². The van der Waals surface area contributed by atoms with Gasteiger partial charge in [-0.3, -0.25) is 14.9 Å². The van der Waals surface area contributed by atoms with E-state index in [4.69, 9.17) is 19.9 Å². The van der Waals surface area contributed by atoms with Gasteiger partial charge in [0.15, 0.2) is 29.0 Å². The number of amides is 2. The Balaban J connectivity index is 1.39. The number of halogens is 1. The summed E-state index contributed by atoms with van der Waals surface area (Å²) in [5.41, 5.74) is 7.49. The maximum atomic E-state index is 13.7. The number of carbonyl (C=O) groups excluding carboxylic acids is 2. The van der Waals surface area contributed by atoms with Crippen LogP contribution in [0.2, 0.25) is 0 Å². The average Bonchev–Trinajstić information content (AvgIpc) is 3.36. The average molecular weight is 513 g/mol. The van der Waals surface area contributed by atoms with E-state index in [-0.39, 0.29) is 43.3 Å². The molecular formula is C27H33FN4O5. The molecule has 0 radical (unpaired) electrons. The lowest BCUT2D eigenvalue weighted by Crippen LogP contribution is -2.42. The Kier molecular flexibility index (Phi) is 8.81. The number of hydrogen-bond donors (Lipinski definition) is 3. The number of guanidine groups is 1. The maximum absolute atomic E-state index is 13.7. The van der Waals surface area contributed by atoms with Gasteiger partial charge in [0.1, 0.15) is 6.04 Å². The summed E-state index contributed by atoms with van der Waals surface area (Å²) in [6.45, 7) is 0.340. The Labute approximate surface area is 215 Å². The van der Waals surface area contributed by atoms with Gasteiger partial charge in [-0.2, -0.15) is 0 Å². The lowest BCUT2D eigenvalue weighted by atomic mass is 9.84. The number of ether oxygens (including phenoxy) is 3. The summed E-state index contributed by atoms with van der Waals surface area (Å²) in [5.74, 6) is 0.467. The van der Waals surface area contributed by atoms with Crippen LogP contribution in [0.1, 0.15) is 49.7 Å². The van der Waals surface area contributed by atoms with Gasteiger partial charge in [-0.25, -0.2) is 9.38 Å². The van der Waals surface area contributed by atoms with Gasteiger partial charge in [-0.05, 0) is 47.7 Å². The fourth-order valence-electron chi connectivity index (χ4n) is 4.70. The van der Waals surface area contributed by atoms with Crippen LogP contribution < -0.4 is 30.6 Å². The Bertz CT molecular complexity index is 1150. The fraction of sp³-hybridized carbons (Fsp3) is 0.444. The molecule has 2 aliphatic rings. The number of methoxy groups -OCH3 is 1. The Morgan fingerprint density at radius 1 is 1.11 bits per heavy atom. The Hall–Kier alpha value is -3.82. The molecule has 0 bridgehead atoms. The zero-order chi connectivity index (χ0) is 26.2. The third-order valence-corrected chi connectivity index (χ3v) is 6.63. The summed E-state index contributed by atoms with van der Waals surface area (Å²) in [4.78, 5) is 30.1. The molecule has 2 amide bonds. The van der Waals surface area contributed by atoms with Crippen molar-refractivity contribution < 1.29 is 28.2 Å². The van der Waals surface area contributed by atoms with E-state index >= 15 is 0 Å². The third kappa shape index (κ3) is 7.34. The number of rotatable bonds is 9. The normalized spacial score (nSPS) is 16.2. The first kappa shape index (κ1) is 26.2. The summed E-state index contributed by atoms with van der Waals surface area (Å²) in [6.07, 6.45) is 6.12. The van der Waals surface area contributed by atoms with E-state index in [1.807, 2.05) is 0 Å². The molecule has 0 aromatic heterocycles. The van der Waals surface area contributed by atoms with Crippen molar-refractivity contribution in [1.82, 2.24) is 10.6 Å². The molecule has 0 saturated heterocycles. The van der Waals surface area contributed by atoms with E-state index in [0.717, 1.165) is 31.2 Å². The monoisotopic (exact) mass is 512 g/mol. The minimum absolute atomic E-state index is 0.0682. The van der Waals surface area contributed by atoms with Crippen LogP contribution in [0, 0.1) is 11.7 Å². The van der Waals surface area contributed by atoms with E-state index in [1.54, 1.807) is 30.3 Å². The highest BCUT2D eigenvalue weighted by Gasteiger charge is 2.25. The second kappa shape index (κ2) is 12.4. The van der Waals surface area contributed by atoms with Crippen molar-refractivity contribution in [2.75, 3.05) is 13.9 Å². The van der Waals surface area contributed by atoms with Crippen LogP contribution in [0.5, 0.6) is 17.2 Å². The molecule has 198 valence electrons. The summed E-state index contributed by atoms with van der Waals surface area (Å²) in [7, 11) is 1.39. The smallest absolute Gasteiger partial charge is 0.245 e. The van der Waals surface area contributed by atoms with Gasteiger partial charge in [0.05, 0.1) is 13.5 Å². The Morgan fingerprint density at radius 2 is 1.86 bits per heavy atom. The van der Waals surface area contributed by atoms with Crippen LogP contribution in [0.3, 0.4) is 0 Å². The molecule has 1 atom stereocenters. The zero-order valence-electron chi connectivity index (χ0n) is 20.9. The predicted octanol–water partition coefficient (Wildman–Crippen LogP) is 3.19. The first-order valence-electron chi connectivity index (χ1n) is 12.5. The number of nitrogens with zero attached hydrogens (tertiary/aromatic N) is 1. The highest BCUT2D eigenvalue weighted by Crippen LogP contribution is 2.32. The van der Waals surface area contributed by atoms with Gasteiger partial charge in [-0.15, -0.1) is 0 Å². The molecule has 0 spiro atoms. The number of aliphatic imine (C=N–C) groups is 1. The molecule has 9 nitrogen and oxygen atoms in total. The predicted molar refractivity (Wildman–Crippen MR) is 136 cm³/mol. The number of carbonyl (C=O) groups is 2. The number of nitrogens with one attached hydrogen (secondary N) is 2. The molecule has 37 heavy (non-hydrogen) atoms. The second-order valence-electron chi connectivity index (χ2n) is 9.37. The topological polar surface area (TPSA) is 124 Å². The lowest BCUT2D eigenvalue weighted by molar-refractivity contribution is -0.123. The minimum Gasteiger partial charge on any atom is -0.494 e. The van der Waals surface area contributed by atoms with E-state index < -0.39 is 11.9 Å². The highest BCUT2D eigenvalue weighted by molar-refractivity contribution is 5.98. The molecule has 4 rings (SSSR count). The molecule has 4 N–H and O–H groups in total. The Morgan fingerprint density at radius 3 is 2.65 bits per heavy atom.